The molecule has 1 N–H and O–H groups in total. The van der Waals surface area contributed by atoms with Crippen LogP contribution in [0.15, 0.2) is 47.6 Å². The first kappa shape index (κ1) is 20.3. The molecule has 0 radical (unpaired) electrons. The van der Waals surface area contributed by atoms with Crippen LogP contribution in [-0.2, 0) is 11.3 Å². The predicted molar refractivity (Wildman–Crippen MR) is 117 cm³/mol. The van der Waals surface area contributed by atoms with Crippen molar-refractivity contribution in [3.8, 4) is 17.1 Å². The monoisotopic (exact) mass is 443 g/mol. The van der Waals surface area contributed by atoms with Crippen molar-refractivity contribution >= 4 is 44.4 Å². The van der Waals surface area contributed by atoms with Crippen molar-refractivity contribution < 1.29 is 13.9 Å². The third-order valence-electron chi connectivity index (χ3n) is 4.31. The lowest BCUT2D eigenvalue weighted by atomic mass is 10.2. The number of anilines is 1. The van der Waals surface area contributed by atoms with E-state index in [4.69, 9.17) is 4.74 Å². The molecular weight excluding hydrogens is 425 g/mol. The van der Waals surface area contributed by atoms with E-state index in [9.17, 15) is 9.18 Å². The third kappa shape index (κ3) is 4.29. The summed E-state index contributed by atoms with van der Waals surface area (Å²) in [7, 11) is 1.61. The highest BCUT2D eigenvalue weighted by atomic mass is 32.2. The lowest BCUT2D eigenvalue weighted by molar-refractivity contribution is -0.113. The summed E-state index contributed by atoms with van der Waals surface area (Å²) in [6.45, 7) is 2.60. The Morgan fingerprint density at radius 1 is 1.23 bits per heavy atom. The Hall–Kier alpha value is -2.98. The summed E-state index contributed by atoms with van der Waals surface area (Å²) in [5.41, 5.74) is 1.57. The van der Waals surface area contributed by atoms with Gasteiger partial charge in [-0.15, -0.1) is 10.2 Å². The van der Waals surface area contributed by atoms with Crippen molar-refractivity contribution in [3.63, 3.8) is 0 Å². The normalized spacial score (nSPS) is 11.0. The molecule has 7 nitrogen and oxygen atoms in total. The number of ether oxygens (including phenoxy) is 1. The fourth-order valence-corrected chi connectivity index (χ4v) is 4.58. The summed E-state index contributed by atoms with van der Waals surface area (Å²) in [5, 5.41) is 12.4. The van der Waals surface area contributed by atoms with Gasteiger partial charge in [0.2, 0.25) is 5.91 Å². The zero-order chi connectivity index (χ0) is 21.1. The van der Waals surface area contributed by atoms with Gasteiger partial charge in [-0.3, -0.25) is 4.79 Å². The minimum atomic E-state index is -0.305. The number of hydrogen-bond donors (Lipinski definition) is 1. The first-order valence-electron chi connectivity index (χ1n) is 9.13. The molecule has 0 aliphatic rings. The Morgan fingerprint density at radius 3 is 2.77 bits per heavy atom. The van der Waals surface area contributed by atoms with Gasteiger partial charge in [-0.2, -0.15) is 0 Å². The first-order chi connectivity index (χ1) is 14.6. The molecule has 0 bridgehead atoms. The molecule has 1 amide bonds. The summed E-state index contributed by atoms with van der Waals surface area (Å²) >= 11 is 2.68. The number of carbonyl (C=O) groups excluding carboxylic acids is 1. The number of hydrogen-bond acceptors (Lipinski definition) is 7. The highest BCUT2D eigenvalue weighted by Crippen LogP contribution is 2.29. The van der Waals surface area contributed by atoms with Crippen LogP contribution in [0.3, 0.4) is 0 Å². The molecule has 0 aliphatic heterocycles. The number of nitrogens with zero attached hydrogens (tertiary/aromatic N) is 4. The Bertz CT molecular complexity index is 1190. The maximum Gasteiger partial charge on any atom is 0.236 e. The zero-order valence-electron chi connectivity index (χ0n) is 16.3. The van der Waals surface area contributed by atoms with Crippen LogP contribution >= 0.6 is 23.1 Å². The molecule has 2 heterocycles. The summed E-state index contributed by atoms with van der Waals surface area (Å²) in [6, 6.07) is 11.7. The number of aromatic nitrogens is 4. The molecule has 0 spiro atoms. The number of benzene rings is 2. The van der Waals surface area contributed by atoms with E-state index in [1.54, 1.807) is 19.2 Å². The van der Waals surface area contributed by atoms with Crippen molar-refractivity contribution in [2.45, 2.75) is 18.6 Å². The number of thioether (sulfide) groups is 1. The van der Waals surface area contributed by atoms with Gasteiger partial charge in [0.05, 0.1) is 23.1 Å². The maximum absolute atomic E-state index is 13.2. The Morgan fingerprint density at radius 2 is 2.03 bits per heavy atom. The molecule has 0 saturated carbocycles. The van der Waals surface area contributed by atoms with Crippen molar-refractivity contribution in [2.24, 2.45) is 0 Å². The lowest BCUT2D eigenvalue weighted by Gasteiger charge is -2.07. The van der Waals surface area contributed by atoms with E-state index in [-0.39, 0.29) is 17.5 Å². The second-order valence-electron chi connectivity index (χ2n) is 6.25. The van der Waals surface area contributed by atoms with Gasteiger partial charge in [0.15, 0.2) is 16.1 Å². The van der Waals surface area contributed by atoms with E-state index in [1.807, 2.05) is 29.7 Å². The summed E-state index contributed by atoms with van der Waals surface area (Å²) in [4.78, 5) is 16.8. The van der Waals surface area contributed by atoms with Gasteiger partial charge in [-0.25, -0.2) is 9.37 Å². The van der Waals surface area contributed by atoms with Crippen LogP contribution in [0.2, 0.25) is 0 Å². The number of fused-ring (bicyclic) bond motifs is 1. The van der Waals surface area contributed by atoms with Crippen molar-refractivity contribution in [3.05, 3.63) is 48.3 Å². The van der Waals surface area contributed by atoms with Crippen LogP contribution in [0.1, 0.15) is 6.92 Å². The molecule has 30 heavy (non-hydrogen) atoms. The van der Waals surface area contributed by atoms with Gasteiger partial charge >= 0.3 is 0 Å². The number of carbonyl (C=O) groups is 1. The summed E-state index contributed by atoms with van der Waals surface area (Å²) in [5.74, 6) is 1.07. The van der Waals surface area contributed by atoms with Crippen LogP contribution in [0, 0.1) is 5.82 Å². The Kier molecular flexibility index (Phi) is 5.96. The third-order valence-corrected chi connectivity index (χ3v) is 6.21. The van der Waals surface area contributed by atoms with E-state index in [2.05, 4.69) is 20.5 Å². The molecule has 4 aromatic rings. The largest absolute Gasteiger partial charge is 0.497 e. The zero-order valence-corrected chi connectivity index (χ0v) is 17.9. The molecule has 2 aromatic carbocycles. The highest BCUT2D eigenvalue weighted by molar-refractivity contribution is 7.99. The molecule has 0 aliphatic carbocycles. The summed E-state index contributed by atoms with van der Waals surface area (Å²) < 4.78 is 21.2. The number of halogens is 1. The number of rotatable bonds is 7. The maximum atomic E-state index is 13.2. The van der Waals surface area contributed by atoms with Crippen LogP contribution in [0.4, 0.5) is 9.52 Å². The molecule has 154 valence electrons. The van der Waals surface area contributed by atoms with Crippen molar-refractivity contribution in [2.75, 3.05) is 18.2 Å². The van der Waals surface area contributed by atoms with Gasteiger partial charge in [0, 0.05) is 12.1 Å². The number of amides is 1. The lowest BCUT2D eigenvalue weighted by Crippen LogP contribution is -2.14. The fourth-order valence-electron chi connectivity index (χ4n) is 2.86. The quantitative estimate of drug-likeness (QED) is 0.425. The van der Waals surface area contributed by atoms with E-state index in [1.165, 1.54) is 35.2 Å². The first-order valence-corrected chi connectivity index (χ1v) is 10.9. The SMILES string of the molecule is CCn1c(SCC(=O)Nc2nc3ccc(OC)cc3s2)nnc1-c1ccc(F)cc1. The van der Waals surface area contributed by atoms with Gasteiger partial charge < -0.3 is 14.6 Å². The van der Waals surface area contributed by atoms with E-state index >= 15 is 0 Å². The highest BCUT2D eigenvalue weighted by Gasteiger charge is 2.15. The average Bonchev–Trinajstić information content (AvgIpc) is 3.35. The second kappa shape index (κ2) is 8.80. The standard InChI is InChI=1S/C20H18FN5O2S2/c1-3-26-18(12-4-6-13(21)7-5-12)24-25-20(26)29-11-17(27)23-19-22-15-9-8-14(28-2)10-16(15)30-19/h4-10H,3,11H2,1-2H3,(H,22,23,27). The van der Waals surface area contributed by atoms with E-state index < -0.39 is 0 Å². The minimum Gasteiger partial charge on any atom is -0.497 e. The van der Waals surface area contributed by atoms with Crippen molar-refractivity contribution in [1.29, 1.82) is 0 Å². The molecule has 4 rings (SSSR count). The topological polar surface area (TPSA) is 81.9 Å². The fraction of sp³-hybridized carbons (Fsp3) is 0.200. The van der Waals surface area contributed by atoms with E-state index in [0.717, 1.165) is 21.5 Å². The molecule has 0 atom stereocenters. The average molecular weight is 444 g/mol. The van der Waals surface area contributed by atoms with Crippen LogP contribution in [-0.4, -0.2) is 38.5 Å². The molecule has 10 heteroatoms. The predicted octanol–water partition coefficient (Wildman–Crippen LogP) is 4.45. The minimum absolute atomic E-state index is 0.167. The van der Waals surface area contributed by atoms with Crippen LogP contribution in [0.5, 0.6) is 5.75 Å². The van der Waals surface area contributed by atoms with Gasteiger partial charge in [-0.1, -0.05) is 23.1 Å². The van der Waals surface area contributed by atoms with Gasteiger partial charge in [-0.05, 0) is 49.4 Å². The summed E-state index contributed by atoms with van der Waals surface area (Å²) in [6.07, 6.45) is 0. The smallest absolute Gasteiger partial charge is 0.236 e. The molecule has 0 saturated heterocycles. The van der Waals surface area contributed by atoms with Gasteiger partial charge in [0.1, 0.15) is 11.6 Å². The van der Waals surface area contributed by atoms with Crippen LogP contribution in [0.25, 0.3) is 21.6 Å². The molecule has 2 aromatic heterocycles. The molecular formula is C20H18FN5O2S2. The van der Waals surface area contributed by atoms with Gasteiger partial charge in [0.25, 0.3) is 0 Å². The number of nitrogens with one attached hydrogen (secondary N) is 1. The second-order valence-corrected chi connectivity index (χ2v) is 8.22. The van der Waals surface area contributed by atoms with E-state index in [0.29, 0.717) is 22.7 Å². The van der Waals surface area contributed by atoms with Crippen molar-refractivity contribution in [1.82, 2.24) is 19.7 Å². The Labute approximate surface area is 180 Å². The molecule has 0 unspecified atom stereocenters. The number of methoxy groups -OCH3 is 1. The van der Waals surface area contributed by atoms with Crippen LogP contribution < -0.4 is 10.1 Å². The molecule has 0 fully saturated rings. The number of thiazole rings is 1. The Balaban J connectivity index is 1.43.